The fourth-order valence-electron chi connectivity index (χ4n) is 0.727. The monoisotopic (exact) mass is 282 g/mol. The van der Waals surface area contributed by atoms with E-state index in [4.69, 9.17) is 11.6 Å². The maximum absolute atomic E-state index is 10.9. The topological polar surface area (TPSA) is 46.2 Å². The van der Waals surface area contributed by atoms with E-state index in [2.05, 4.69) is 26.7 Å². The molecule has 13 heavy (non-hydrogen) atoms. The Bertz CT molecular complexity index is 398. The summed E-state index contributed by atoms with van der Waals surface area (Å²) in [5, 5.41) is 0.330. The second kappa shape index (κ2) is 3.86. The number of anilines is 1. The van der Waals surface area contributed by atoms with Crippen molar-refractivity contribution in [3.63, 3.8) is 0 Å². The lowest BCUT2D eigenvalue weighted by Gasteiger charge is -2.07. The number of hydrogen-bond acceptors (Lipinski definition) is 2. The Morgan fingerprint density at radius 2 is 2.23 bits per heavy atom. The van der Waals surface area contributed by atoms with Gasteiger partial charge >= 0.3 is 0 Å². The molecule has 0 heterocycles. The highest BCUT2D eigenvalue weighted by Gasteiger charge is 2.09. The Morgan fingerprint density at radius 1 is 1.62 bits per heavy atom. The Morgan fingerprint density at radius 3 is 2.69 bits per heavy atom. The SMILES string of the molecule is CS(=O)(=O)Nc1c(Br)[c]ccc1Cl. The first-order valence-electron chi connectivity index (χ1n) is 3.23. The number of rotatable bonds is 2. The number of hydrogen-bond donors (Lipinski definition) is 1. The van der Waals surface area contributed by atoms with Gasteiger partial charge in [0.05, 0.1) is 21.4 Å². The van der Waals surface area contributed by atoms with Crippen LogP contribution in [0.5, 0.6) is 0 Å². The van der Waals surface area contributed by atoms with E-state index in [-0.39, 0.29) is 0 Å². The minimum Gasteiger partial charge on any atom is -0.281 e. The van der Waals surface area contributed by atoms with E-state index >= 15 is 0 Å². The van der Waals surface area contributed by atoms with Gasteiger partial charge in [-0.05, 0) is 28.1 Å². The summed E-state index contributed by atoms with van der Waals surface area (Å²) in [6.45, 7) is 0. The van der Waals surface area contributed by atoms with Crippen molar-refractivity contribution in [1.29, 1.82) is 0 Å². The largest absolute Gasteiger partial charge is 0.281 e. The van der Waals surface area contributed by atoms with Crippen LogP contribution in [0.15, 0.2) is 16.6 Å². The fourth-order valence-corrected chi connectivity index (χ4v) is 2.26. The van der Waals surface area contributed by atoms with Gasteiger partial charge in [-0.25, -0.2) is 8.42 Å². The molecule has 1 N–H and O–H groups in total. The highest BCUT2D eigenvalue weighted by atomic mass is 79.9. The molecule has 0 spiro atoms. The van der Waals surface area contributed by atoms with Crippen molar-refractivity contribution in [2.24, 2.45) is 0 Å². The Labute approximate surface area is 90.3 Å². The van der Waals surface area contributed by atoms with Gasteiger partial charge in [0.2, 0.25) is 10.0 Å². The predicted octanol–water partition coefficient (Wildman–Crippen LogP) is 2.27. The van der Waals surface area contributed by atoms with Crippen LogP contribution in [-0.2, 0) is 10.0 Å². The van der Waals surface area contributed by atoms with Crippen LogP contribution in [0.2, 0.25) is 5.02 Å². The van der Waals surface area contributed by atoms with Gasteiger partial charge < -0.3 is 0 Å². The van der Waals surface area contributed by atoms with E-state index in [9.17, 15) is 8.42 Å². The van der Waals surface area contributed by atoms with Crippen molar-refractivity contribution in [3.8, 4) is 0 Å². The molecular formula is C7H6BrClNO2S. The molecule has 0 unspecified atom stereocenters. The van der Waals surface area contributed by atoms with Crippen LogP contribution < -0.4 is 4.72 Å². The van der Waals surface area contributed by atoms with Gasteiger partial charge in [-0.1, -0.05) is 17.7 Å². The van der Waals surface area contributed by atoms with Crippen LogP contribution in [0.4, 0.5) is 5.69 Å². The standard InChI is InChI=1S/C7H6BrClNO2S/c1-13(11,12)10-7-5(8)3-2-4-6(7)9/h2,4,10H,1H3. The third kappa shape index (κ3) is 3.17. The van der Waals surface area contributed by atoms with Crippen molar-refractivity contribution in [2.45, 2.75) is 0 Å². The van der Waals surface area contributed by atoms with Gasteiger partial charge in [0.1, 0.15) is 0 Å². The van der Waals surface area contributed by atoms with Crippen LogP contribution >= 0.6 is 27.5 Å². The zero-order valence-electron chi connectivity index (χ0n) is 6.64. The summed E-state index contributed by atoms with van der Waals surface area (Å²) in [6, 6.07) is 5.92. The molecule has 0 aliphatic heterocycles. The van der Waals surface area contributed by atoms with Gasteiger partial charge in [-0.15, -0.1) is 0 Å². The number of nitrogens with one attached hydrogen (secondary N) is 1. The lowest BCUT2D eigenvalue weighted by atomic mass is 10.3. The summed E-state index contributed by atoms with van der Waals surface area (Å²) < 4.78 is 24.6. The zero-order valence-corrected chi connectivity index (χ0v) is 9.79. The number of halogens is 2. The predicted molar refractivity (Wildman–Crippen MR) is 56.5 cm³/mol. The third-order valence-corrected chi connectivity index (χ3v) is 2.70. The van der Waals surface area contributed by atoms with E-state index in [1.54, 1.807) is 12.1 Å². The van der Waals surface area contributed by atoms with E-state index < -0.39 is 10.0 Å². The van der Waals surface area contributed by atoms with Crippen LogP contribution in [0.25, 0.3) is 0 Å². The highest BCUT2D eigenvalue weighted by molar-refractivity contribution is 9.10. The molecule has 0 fully saturated rings. The van der Waals surface area contributed by atoms with Gasteiger partial charge in [-0.3, -0.25) is 4.72 Å². The smallest absolute Gasteiger partial charge is 0.229 e. The van der Waals surface area contributed by atoms with E-state index in [1.165, 1.54) is 0 Å². The molecule has 0 atom stereocenters. The van der Waals surface area contributed by atoms with Crippen molar-refractivity contribution in [1.82, 2.24) is 0 Å². The average molecular weight is 284 g/mol. The molecule has 0 bridgehead atoms. The Kier molecular flexibility index (Phi) is 3.21. The summed E-state index contributed by atoms with van der Waals surface area (Å²) in [6.07, 6.45) is 1.06. The van der Waals surface area contributed by atoms with Gasteiger partial charge in [0.15, 0.2) is 0 Å². The molecule has 3 nitrogen and oxygen atoms in total. The first kappa shape index (κ1) is 10.8. The first-order chi connectivity index (χ1) is 5.90. The second-order valence-corrected chi connectivity index (χ2v) is 5.34. The van der Waals surface area contributed by atoms with Gasteiger partial charge in [-0.2, -0.15) is 0 Å². The maximum Gasteiger partial charge on any atom is 0.229 e. The third-order valence-electron chi connectivity index (χ3n) is 1.19. The highest BCUT2D eigenvalue weighted by Crippen LogP contribution is 2.30. The molecule has 0 amide bonds. The number of benzene rings is 1. The minimum atomic E-state index is -3.31. The van der Waals surface area contributed by atoms with E-state index in [0.717, 1.165) is 6.26 Å². The summed E-state index contributed by atoms with van der Waals surface area (Å²) >= 11 is 8.89. The molecule has 0 aliphatic carbocycles. The molecule has 0 saturated heterocycles. The molecule has 0 saturated carbocycles. The van der Waals surface area contributed by atoms with E-state index in [0.29, 0.717) is 15.2 Å². The van der Waals surface area contributed by atoms with Crippen LogP contribution in [-0.4, -0.2) is 14.7 Å². The van der Waals surface area contributed by atoms with Crippen molar-refractivity contribution in [2.75, 3.05) is 11.0 Å². The minimum absolute atomic E-state index is 0.312. The molecule has 1 aromatic carbocycles. The van der Waals surface area contributed by atoms with Crippen LogP contribution in [0.3, 0.4) is 0 Å². The Balaban J connectivity index is 3.15. The second-order valence-electron chi connectivity index (χ2n) is 2.39. The van der Waals surface area contributed by atoms with Gasteiger partial charge in [0.25, 0.3) is 0 Å². The molecule has 0 aliphatic rings. The van der Waals surface area contributed by atoms with Crippen LogP contribution in [0, 0.1) is 6.07 Å². The van der Waals surface area contributed by atoms with Gasteiger partial charge in [0, 0.05) is 0 Å². The molecule has 0 aromatic heterocycles. The normalized spacial score (nSPS) is 11.3. The maximum atomic E-state index is 10.9. The molecule has 1 radical (unpaired) electrons. The molecular weight excluding hydrogens is 278 g/mol. The summed E-state index contributed by atoms with van der Waals surface area (Å²) in [5.41, 5.74) is 0.312. The number of sulfonamides is 1. The summed E-state index contributed by atoms with van der Waals surface area (Å²) in [5.74, 6) is 0. The molecule has 6 heteroatoms. The fraction of sp³-hybridized carbons (Fsp3) is 0.143. The first-order valence-corrected chi connectivity index (χ1v) is 6.30. The zero-order chi connectivity index (χ0) is 10.1. The van der Waals surface area contributed by atoms with Crippen molar-refractivity contribution < 1.29 is 8.42 Å². The lowest BCUT2D eigenvalue weighted by molar-refractivity contribution is 0.607. The summed E-state index contributed by atoms with van der Waals surface area (Å²) in [7, 11) is -3.31. The average Bonchev–Trinajstić information content (AvgIpc) is 1.95. The van der Waals surface area contributed by atoms with Crippen molar-refractivity contribution in [3.05, 3.63) is 27.7 Å². The van der Waals surface area contributed by atoms with Crippen LogP contribution in [0.1, 0.15) is 0 Å². The molecule has 1 rings (SSSR count). The molecule has 1 aromatic rings. The molecule has 71 valence electrons. The quantitative estimate of drug-likeness (QED) is 0.905. The summed E-state index contributed by atoms with van der Waals surface area (Å²) in [4.78, 5) is 0. The lowest BCUT2D eigenvalue weighted by Crippen LogP contribution is -2.10. The van der Waals surface area contributed by atoms with Crippen molar-refractivity contribution >= 4 is 43.2 Å². The van der Waals surface area contributed by atoms with E-state index in [1.807, 2.05) is 0 Å². The Hall–Kier alpha value is -0.260.